The van der Waals surface area contributed by atoms with Gasteiger partial charge in [-0.1, -0.05) is 21.1 Å². The normalized spacial score (nSPS) is 11.6. The average molecular weight is 326 g/mol. The predicted molar refractivity (Wildman–Crippen MR) is 72.0 cm³/mol. The second-order valence-corrected chi connectivity index (χ2v) is 4.63. The standard InChI is InChI=1S/C11H12BrN5O2/c1-17-10(14-6-15-17)5-19-9-3-2-7(12)4-8(9)11(13)16-18/h2-4,6,18H,5H2,1H3,(H2,13,16). The lowest BCUT2D eigenvalue weighted by atomic mass is 10.2. The number of halogens is 1. The summed E-state index contributed by atoms with van der Waals surface area (Å²) in [5.41, 5.74) is 6.11. The third kappa shape index (κ3) is 3.02. The van der Waals surface area contributed by atoms with Crippen LogP contribution >= 0.6 is 15.9 Å². The fourth-order valence-electron chi connectivity index (χ4n) is 1.48. The van der Waals surface area contributed by atoms with Crippen LogP contribution in [0.25, 0.3) is 0 Å². The highest BCUT2D eigenvalue weighted by Crippen LogP contribution is 2.23. The Kier molecular flexibility index (Phi) is 4.00. The van der Waals surface area contributed by atoms with E-state index in [0.717, 1.165) is 4.47 Å². The molecule has 1 aromatic heterocycles. The molecule has 2 aromatic rings. The van der Waals surface area contributed by atoms with Crippen LogP contribution in [0.4, 0.5) is 0 Å². The molecule has 0 atom stereocenters. The molecule has 0 saturated carbocycles. The number of nitrogens with two attached hydrogens (primary N) is 1. The number of aryl methyl sites for hydroxylation is 1. The SMILES string of the molecule is Cn1ncnc1COc1ccc(Br)cc1/C(N)=N/O. The maximum absolute atomic E-state index is 8.77. The van der Waals surface area contributed by atoms with Crippen molar-refractivity contribution in [1.82, 2.24) is 14.8 Å². The first-order valence-electron chi connectivity index (χ1n) is 5.35. The number of rotatable bonds is 4. The summed E-state index contributed by atoms with van der Waals surface area (Å²) in [5, 5.41) is 15.7. The smallest absolute Gasteiger partial charge is 0.173 e. The zero-order valence-electron chi connectivity index (χ0n) is 10.1. The highest BCUT2D eigenvalue weighted by atomic mass is 79.9. The van der Waals surface area contributed by atoms with Crippen LogP contribution in [0.15, 0.2) is 34.2 Å². The molecule has 3 N–H and O–H groups in total. The number of aromatic nitrogens is 3. The van der Waals surface area contributed by atoms with E-state index in [2.05, 4.69) is 31.2 Å². The van der Waals surface area contributed by atoms with E-state index in [4.69, 9.17) is 15.7 Å². The number of amidine groups is 1. The lowest BCUT2D eigenvalue weighted by Crippen LogP contribution is -2.15. The molecule has 1 heterocycles. The van der Waals surface area contributed by atoms with Crippen molar-refractivity contribution in [1.29, 1.82) is 0 Å². The van der Waals surface area contributed by atoms with Gasteiger partial charge in [0.25, 0.3) is 0 Å². The van der Waals surface area contributed by atoms with Crippen molar-refractivity contribution < 1.29 is 9.94 Å². The zero-order valence-corrected chi connectivity index (χ0v) is 11.7. The summed E-state index contributed by atoms with van der Waals surface area (Å²) in [5.74, 6) is 1.16. The topological polar surface area (TPSA) is 98.5 Å². The van der Waals surface area contributed by atoms with Crippen LogP contribution in [0.1, 0.15) is 11.4 Å². The van der Waals surface area contributed by atoms with Gasteiger partial charge in [-0.2, -0.15) is 5.10 Å². The number of hydrogen-bond acceptors (Lipinski definition) is 5. The van der Waals surface area contributed by atoms with Crippen LogP contribution in [0.3, 0.4) is 0 Å². The van der Waals surface area contributed by atoms with Gasteiger partial charge in [0, 0.05) is 11.5 Å². The van der Waals surface area contributed by atoms with E-state index >= 15 is 0 Å². The van der Waals surface area contributed by atoms with Crippen molar-refractivity contribution in [2.45, 2.75) is 6.61 Å². The Balaban J connectivity index is 2.23. The van der Waals surface area contributed by atoms with E-state index in [1.165, 1.54) is 6.33 Å². The molecule has 7 nitrogen and oxygen atoms in total. The van der Waals surface area contributed by atoms with Gasteiger partial charge in [0.1, 0.15) is 18.7 Å². The molecular weight excluding hydrogens is 314 g/mol. The van der Waals surface area contributed by atoms with Crippen LogP contribution in [0.2, 0.25) is 0 Å². The molecule has 0 fully saturated rings. The van der Waals surface area contributed by atoms with E-state index in [1.807, 2.05) is 0 Å². The highest BCUT2D eigenvalue weighted by Gasteiger charge is 2.10. The van der Waals surface area contributed by atoms with E-state index < -0.39 is 0 Å². The Hall–Kier alpha value is -2.09. The number of hydrogen-bond donors (Lipinski definition) is 2. The largest absolute Gasteiger partial charge is 0.485 e. The van der Waals surface area contributed by atoms with Gasteiger partial charge in [-0.25, -0.2) is 4.98 Å². The summed E-state index contributed by atoms with van der Waals surface area (Å²) < 4.78 is 8.04. The summed E-state index contributed by atoms with van der Waals surface area (Å²) in [7, 11) is 1.78. The highest BCUT2D eigenvalue weighted by molar-refractivity contribution is 9.10. The number of benzene rings is 1. The summed E-state index contributed by atoms with van der Waals surface area (Å²) >= 11 is 3.32. The molecule has 0 amide bonds. The fraction of sp³-hybridized carbons (Fsp3) is 0.182. The molecule has 8 heteroatoms. The molecule has 0 spiro atoms. The Morgan fingerprint density at radius 1 is 1.58 bits per heavy atom. The average Bonchev–Trinajstić information content (AvgIpc) is 2.82. The molecular formula is C11H12BrN5O2. The molecule has 0 unspecified atom stereocenters. The summed E-state index contributed by atoms with van der Waals surface area (Å²) in [6.07, 6.45) is 1.45. The van der Waals surface area contributed by atoms with Crippen LogP contribution in [-0.4, -0.2) is 25.8 Å². The van der Waals surface area contributed by atoms with Crippen LogP contribution in [0.5, 0.6) is 5.75 Å². The van der Waals surface area contributed by atoms with E-state index in [1.54, 1.807) is 29.9 Å². The molecule has 0 aliphatic rings. The van der Waals surface area contributed by atoms with Gasteiger partial charge in [-0.05, 0) is 18.2 Å². The molecule has 2 rings (SSSR count). The Labute approximate surface area is 117 Å². The number of oxime groups is 1. The van der Waals surface area contributed by atoms with Crippen LogP contribution in [0, 0.1) is 0 Å². The minimum atomic E-state index is -0.0192. The zero-order chi connectivity index (χ0) is 13.8. The molecule has 1 aromatic carbocycles. The molecule has 0 radical (unpaired) electrons. The van der Waals surface area contributed by atoms with Gasteiger partial charge in [-0.3, -0.25) is 4.68 Å². The van der Waals surface area contributed by atoms with Crippen molar-refractivity contribution in [3.8, 4) is 5.75 Å². The van der Waals surface area contributed by atoms with Crippen molar-refractivity contribution in [3.63, 3.8) is 0 Å². The van der Waals surface area contributed by atoms with Gasteiger partial charge in [-0.15, -0.1) is 0 Å². The number of nitrogens with zero attached hydrogens (tertiary/aromatic N) is 4. The number of ether oxygens (including phenoxy) is 1. The molecule has 0 aliphatic heterocycles. The molecule has 19 heavy (non-hydrogen) atoms. The van der Waals surface area contributed by atoms with Crippen molar-refractivity contribution in [3.05, 3.63) is 40.4 Å². The first-order chi connectivity index (χ1) is 9.11. The molecule has 100 valence electrons. The van der Waals surface area contributed by atoms with E-state index in [-0.39, 0.29) is 12.4 Å². The van der Waals surface area contributed by atoms with Gasteiger partial charge in [0.2, 0.25) is 0 Å². The van der Waals surface area contributed by atoms with E-state index in [0.29, 0.717) is 17.1 Å². The first-order valence-corrected chi connectivity index (χ1v) is 6.14. The molecule has 0 saturated heterocycles. The van der Waals surface area contributed by atoms with Crippen LogP contribution < -0.4 is 10.5 Å². The minimum absolute atomic E-state index is 0.0192. The van der Waals surface area contributed by atoms with Crippen molar-refractivity contribution >= 4 is 21.8 Å². The van der Waals surface area contributed by atoms with E-state index in [9.17, 15) is 0 Å². The van der Waals surface area contributed by atoms with Gasteiger partial charge < -0.3 is 15.7 Å². The monoisotopic (exact) mass is 325 g/mol. The van der Waals surface area contributed by atoms with Gasteiger partial charge in [0.05, 0.1) is 5.56 Å². The Morgan fingerprint density at radius 3 is 3.00 bits per heavy atom. The second-order valence-electron chi connectivity index (χ2n) is 3.71. The lowest BCUT2D eigenvalue weighted by Gasteiger charge is -2.10. The maximum Gasteiger partial charge on any atom is 0.173 e. The third-order valence-electron chi connectivity index (χ3n) is 2.49. The summed E-state index contributed by atoms with van der Waals surface area (Å²) in [4.78, 5) is 4.05. The fourth-order valence-corrected chi connectivity index (χ4v) is 1.84. The quantitative estimate of drug-likeness (QED) is 0.381. The molecule has 0 aliphatic carbocycles. The predicted octanol–water partition coefficient (Wildman–Crippen LogP) is 1.25. The van der Waals surface area contributed by atoms with Crippen LogP contribution in [-0.2, 0) is 13.7 Å². The van der Waals surface area contributed by atoms with Crippen molar-refractivity contribution in [2.24, 2.45) is 17.9 Å². The third-order valence-corrected chi connectivity index (χ3v) is 2.98. The van der Waals surface area contributed by atoms with Crippen molar-refractivity contribution in [2.75, 3.05) is 0 Å². The Morgan fingerprint density at radius 2 is 2.37 bits per heavy atom. The van der Waals surface area contributed by atoms with Gasteiger partial charge >= 0.3 is 0 Å². The summed E-state index contributed by atoms with van der Waals surface area (Å²) in [6.45, 7) is 0.240. The second kappa shape index (κ2) is 5.70. The van der Waals surface area contributed by atoms with Gasteiger partial charge in [0.15, 0.2) is 11.7 Å². The summed E-state index contributed by atoms with van der Waals surface area (Å²) in [6, 6.07) is 5.25. The minimum Gasteiger partial charge on any atom is -0.485 e. The first kappa shape index (κ1) is 13.3. The molecule has 0 bridgehead atoms. The lowest BCUT2D eigenvalue weighted by molar-refractivity contribution is 0.288. The maximum atomic E-state index is 8.77. The Bertz CT molecular complexity index is 611.